The molecule has 0 N–H and O–H groups in total. The Morgan fingerprint density at radius 2 is 1.74 bits per heavy atom. The molecular formula is C28H25ClFN3O2. The Hall–Kier alpha value is -3.64. The smallest absolute Gasteiger partial charge is 0.254 e. The summed E-state index contributed by atoms with van der Waals surface area (Å²) >= 11 is 6.10. The summed E-state index contributed by atoms with van der Waals surface area (Å²) in [5.41, 5.74) is 2.84. The van der Waals surface area contributed by atoms with Gasteiger partial charge in [0.25, 0.3) is 5.91 Å². The first kappa shape index (κ1) is 23.1. The summed E-state index contributed by atoms with van der Waals surface area (Å²) in [6.07, 6.45) is 2.20. The number of amides is 1. The lowest BCUT2D eigenvalue weighted by Gasteiger charge is -2.23. The largest absolute Gasteiger partial charge is 0.439 e. The standard InChI is InChI=1S/C28H25ClFN3O2/c1-19-26(18-32(17-20-7-8-20)27(34)21-9-13-23(30)14-10-21)28(35-25-5-3-2-4-6-25)33(31-19)24-15-11-22(29)12-16-24/h2-6,9-16,20H,7-8,17-18H2,1H3. The highest BCUT2D eigenvalue weighted by atomic mass is 35.5. The van der Waals surface area contributed by atoms with E-state index in [1.165, 1.54) is 24.3 Å². The fourth-order valence-electron chi connectivity index (χ4n) is 3.98. The zero-order valence-electron chi connectivity index (χ0n) is 19.3. The highest BCUT2D eigenvalue weighted by Crippen LogP contribution is 2.35. The molecule has 1 aliphatic rings. The lowest BCUT2D eigenvalue weighted by molar-refractivity contribution is 0.0733. The molecule has 1 saturated carbocycles. The van der Waals surface area contributed by atoms with Crippen molar-refractivity contribution in [2.45, 2.75) is 26.3 Å². The molecule has 178 valence electrons. The molecule has 3 aromatic carbocycles. The van der Waals surface area contributed by atoms with Crippen LogP contribution in [0.2, 0.25) is 5.02 Å². The van der Waals surface area contributed by atoms with Crippen LogP contribution in [0.5, 0.6) is 11.6 Å². The number of halogens is 2. The Morgan fingerprint density at radius 3 is 2.40 bits per heavy atom. The number of nitrogens with zero attached hydrogens (tertiary/aromatic N) is 3. The van der Waals surface area contributed by atoms with E-state index in [0.29, 0.717) is 41.2 Å². The van der Waals surface area contributed by atoms with Gasteiger partial charge in [0.2, 0.25) is 5.88 Å². The minimum absolute atomic E-state index is 0.138. The van der Waals surface area contributed by atoms with Crippen LogP contribution in [0.4, 0.5) is 4.39 Å². The van der Waals surface area contributed by atoms with Gasteiger partial charge in [0.1, 0.15) is 11.6 Å². The minimum atomic E-state index is -0.367. The van der Waals surface area contributed by atoms with E-state index >= 15 is 0 Å². The number of aryl methyl sites for hydroxylation is 1. The first-order chi connectivity index (χ1) is 17.0. The lowest BCUT2D eigenvalue weighted by Crippen LogP contribution is -2.32. The number of hydrogen-bond donors (Lipinski definition) is 0. The first-order valence-corrected chi connectivity index (χ1v) is 12.0. The molecule has 1 aromatic heterocycles. The van der Waals surface area contributed by atoms with Gasteiger partial charge in [0, 0.05) is 17.1 Å². The quantitative estimate of drug-likeness (QED) is 0.273. The molecule has 1 amide bonds. The van der Waals surface area contributed by atoms with Crippen LogP contribution >= 0.6 is 11.6 Å². The molecule has 1 aliphatic carbocycles. The fourth-order valence-corrected chi connectivity index (χ4v) is 4.11. The third kappa shape index (κ3) is 5.38. The van der Waals surface area contributed by atoms with Gasteiger partial charge in [0.05, 0.1) is 23.5 Å². The highest BCUT2D eigenvalue weighted by Gasteiger charge is 2.30. The summed E-state index contributed by atoms with van der Waals surface area (Å²) in [5.74, 6) is 1.19. The first-order valence-electron chi connectivity index (χ1n) is 11.6. The van der Waals surface area contributed by atoms with E-state index in [-0.39, 0.29) is 11.7 Å². The Bertz CT molecular complexity index is 1320. The number of para-hydroxylation sites is 1. The molecule has 0 unspecified atom stereocenters. The molecule has 0 atom stereocenters. The average Bonchev–Trinajstić information content (AvgIpc) is 3.64. The van der Waals surface area contributed by atoms with Crippen molar-refractivity contribution in [1.82, 2.24) is 14.7 Å². The van der Waals surface area contributed by atoms with E-state index in [1.807, 2.05) is 54.3 Å². The van der Waals surface area contributed by atoms with E-state index in [4.69, 9.17) is 21.4 Å². The van der Waals surface area contributed by atoms with Gasteiger partial charge in [-0.05, 0) is 86.3 Å². The van der Waals surface area contributed by atoms with Gasteiger partial charge >= 0.3 is 0 Å². The second-order valence-corrected chi connectivity index (χ2v) is 9.24. The van der Waals surface area contributed by atoms with Gasteiger partial charge in [-0.1, -0.05) is 29.8 Å². The molecule has 1 fully saturated rings. The van der Waals surface area contributed by atoms with E-state index < -0.39 is 0 Å². The third-order valence-electron chi connectivity index (χ3n) is 6.07. The van der Waals surface area contributed by atoms with Gasteiger partial charge in [-0.3, -0.25) is 4.79 Å². The molecule has 5 nitrogen and oxygen atoms in total. The van der Waals surface area contributed by atoms with Crippen molar-refractivity contribution in [3.05, 3.63) is 107 Å². The van der Waals surface area contributed by atoms with Crippen molar-refractivity contribution in [2.75, 3.05) is 6.54 Å². The molecule has 35 heavy (non-hydrogen) atoms. The number of rotatable bonds is 8. The van der Waals surface area contributed by atoms with Crippen molar-refractivity contribution in [2.24, 2.45) is 5.92 Å². The normalized spacial score (nSPS) is 13.0. The van der Waals surface area contributed by atoms with Crippen molar-refractivity contribution in [3.8, 4) is 17.3 Å². The van der Waals surface area contributed by atoms with E-state index in [2.05, 4.69) is 0 Å². The summed E-state index contributed by atoms with van der Waals surface area (Å²) in [7, 11) is 0. The Balaban J connectivity index is 1.54. The van der Waals surface area contributed by atoms with E-state index in [1.54, 1.807) is 16.8 Å². The maximum Gasteiger partial charge on any atom is 0.254 e. The predicted molar refractivity (Wildman–Crippen MR) is 134 cm³/mol. The van der Waals surface area contributed by atoms with E-state index in [0.717, 1.165) is 29.8 Å². The van der Waals surface area contributed by atoms with Crippen LogP contribution in [0.1, 0.15) is 34.5 Å². The van der Waals surface area contributed by atoms with Crippen LogP contribution in [0, 0.1) is 18.7 Å². The van der Waals surface area contributed by atoms with Gasteiger partial charge in [0.15, 0.2) is 0 Å². The molecule has 4 aromatic rings. The molecule has 5 rings (SSSR count). The van der Waals surface area contributed by atoms with E-state index in [9.17, 15) is 9.18 Å². The highest BCUT2D eigenvalue weighted by molar-refractivity contribution is 6.30. The predicted octanol–water partition coefficient (Wildman–Crippen LogP) is 6.82. The second kappa shape index (κ2) is 9.92. The fraction of sp³-hybridized carbons (Fsp3) is 0.214. The summed E-state index contributed by atoms with van der Waals surface area (Å²) in [5, 5.41) is 5.39. The van der Waals surface area contributed by atoms with Crippen LogP contribution in [-0.2, 0) is 6.54 Å². The van der Waals surface area contributed by atoms with Crippen LogP contribution in [-0.4, -0.2) is 27.1 Å². The number of carbonyl (C=O) groups excluding carboxylic acids is 1. The summed E-state index contributed by atoms with van der Waals surface area (Å²) < 4.78 is 21.5. The topological polar surface area (TPSA) is 47.4 Å². The monoisotopic (exact) mass is 489 g/mol. The Kier molecular flexibility index (Phi) is 6.55. The number of benzene rings is 3. The van der Waals surface area contributed by atoms with Gasteiger partial charge in [-0.2, -0.15) is 5.10 Å². The molecule has 0 saturated heterocycles. The maximum absolute atomic E-state index is 13.5. The van der Waals surface area contributed by atoms with Gasteiger partial charge in [-0.15, -0.1) is 0 Å². The number of carbonyl (C=O) groups is 1. The van der Waals surface area contributed by atoms with Crippen molar-refractivity contribution in [3.63, 3.8) is 0 Å². The zero-order chi connectivity index (χ0) is 24.4. The molecule has 1 heterocycles. The molecule has 0 spiro atoms. The van der Waals surface area contributed by atoms with Gasteiger partial charge in [-0.25, -0.2) is 9.07 Å². The Morgan fingerprint density at radius 1 is 1.06 bits per heavy atom. The number of hydrogen-bond acceptors (Lipinski definition) is 3. The molecule has 7 heteroatoms. The maximum atomic E-state index is 13.5. The number of ether oxygens (including phenoxy) is 1. The number of aromatic nitrogens is 2. The van der Waals surface area contributed by atoms with Crippen molar-refractivity contribution >= 4 is 17.5 Å². The summed E-state index contributed by atoms with van der Waals surface area (Å²) in [6, 6.07) is 22.5. The third-order valence-corrected chi connectivity index (χ3v) is 6.32. The molecule has 0 aliphatic heterocycles. The lowest BCUT2D eigenvalue weighted by atomic mass is 10.1. The zero-order valence-corrected chi connectivity index (χ0v) is 20.1. The minimum Gasteiger partial charge on any atom is -0.439 e. The SMILES string of the molecule is Cc1nn(-c2ccc(Cl)cc2)c(Oc2ccccc2)c1CN(CC1CC1)C(=O)c1ccc(F)cc1. The summed E-state index contributed by atoms with van der Waals surface area (Å²) in [4.78, 5) is 15.3. The van der Waals surface area contributed by atoms with Gasteiger partial charge < -0.3 is 9.64 Å². The van der Waals surface area contributed by atoms with Crippen molar-refractivity contribution in [1.29, 1.82) is 0 Å². The average molecular weight is 490 g/mol. The van der Waals surface area contributed by atoms with Crippen molar-refractivity contribution < 1.29 is 13.9 Å². The van der Waals surface area contributed by atoms with Crippen LogP contribution in [0.15, 0.2) is 78.9 Å². The molecule has 0 bridgehead atoms. The molecular weight excluding hydrogens is 465 g/mol. The van der Waals surface area contributed by atoms with Crippen LogP contribution in [0.3, 0.4) is 0 Å². The summed E-state index contributed by atoms with van der Waals surface area (Å²) in [6.45, 7) is 2.87. The Labute approximate surface area is 208 Å². The van der Waals surface area contributed by atoms with Crippen LogP contribution in [0.25, 0.3) is 5.69 Å². The molecule has 0 radical (unpaired) electrons. The van der Waals surface area contributed by atoms with Crippen LogP contribution < -0.4 is 4.74 Å². The second-order valence-electron chi connectivity index (χ2n) is 8.81.